The zero-order valence-corrected chi connectivity index (χ0v) is 15.8. The van der Waals surface area contributed by atoms with Gasteiger partial charge in [-0.3, -0.25) is 14.9 Å². The Bertz CT molecular complexity index is 928. The molecule has 4 rings (SSSR count). The molecule has 1 saturated carbocycles. The Morgan fingerprint density at radius 3 is 2.33 bits per heavy atom. The van der Waals surface area contributed by atoms with Crippen molar-refractivity contribution in [3.63, 3.8) is 0 Å². The fraction of sp³-hybridized carbons (Fsp3) is 0.333. The van der Waals surface area contributed by atoms with E-state index < -0.39 is 24.1 Å². The Hall–Kier alpha value is -3.07. The summed E-state index contributed by atoms with van der Waals surface area (Å²) >= 11 is 0. The van der Waals surface area contributed by atoms with Crippen molar-refractivity contribution in [3.05, 3.63) is 65.7 Å². The summed E-state index contributed by atoms with van der Waals surface area (Å²) in [6, 6.07) is 14.0. The first-order valence-corrected chi connectivity index (χ1v) is 9.53. The molecule has 2 atom stereocenters. The highest BCUT2D eigenvalue weighted by Gasteiger charge is 2.47. The summed E-state index contributed by atoms with van der Waals surface area (Å²) in [5, 5.41) is 8.93. The Kier molecular flexibility index (Phi) is 5.15. The smallest absolute Gasteiger partial charge is 0.406 e. The molecule has 1 heterocycles. The van der Waals surface area contributed by atoms with Crippen LogP contribution in [0.4, 0.5) is 13.2 Å². The van der Waals surface area contributed by atoms with Gasteiger partial charge in [0.15, 0.2) is 0 Å². The molecule has 0 aromatic heterocycles. The number of alkyl halides is 3. The fourth-order valence-electron chi connectivity index (χ4n) is 3.61. The van der Waals surface area contributed by atoms with Gasteiger partial charge in [-0.15, -0.1) is 13.2 Å². The first kappa shape index (κ1) is 20.2. The quantitative estimate of drug-likeness (QED) is 0.697. The zero-order valence-electron chi connectivity index (χ0n) is 15.8. The van der Waals surface area contributed by atoms with E-state index in [4.69, 9.17) is 0 Å². The van der Waals surface area contributed by atoms with Crippen LogP contribution in [0.2, 0.25) is 0 Å². The maximum atomic E-state index is 12.9. The molecule has 6 nitrogen and oxygen atoms in total. The maximum Gasteiger partial charge on any atom is 0.573 e. The normalized spacial score (nSPS) is 22.7. The highest BCUT2D eigenvalue weighted by molar-refractivity contribution is 5.90. The average molecular weight is 419 g/mol. The van der Waals surface area contributed by atoms with E-state index in [9.17, 15) is 22.8 Å². The van der Waals surface area contributed by atoms with Gasteiger partial charge in [0.05, 0.1) is 18.0 Å². The Morgan fingerprint density at radius 1 is 1.07 bits per heavy atom. The number of rotatable bonds is 5. The van der Waals surface area contributed by atoms with Gasteiger partial charge in [-0.25, -0.2) is 0 Å². The van der Waals surface area contributed by atoms with Crippen LogP contribution in [0.5, 0.6) is 5.75 Å². The lowest BCUT2D eigenvalue weighted by molar-refractivity contribution is -0.274. The second kappa shape index (κ2) is 7.64. The van der Waals surface area contributed by atoms with Crippen LogP contribution in [-0.2, 0) is 15.1 Å². The number of carbonyl (C=O) groups is 2. The monoisotopic (exact) mass is 419 g/mol. The second-order valence-corrected chi connectivity index (χ2v) is 7.48. The van der Waals surface area contributed by atoms with Crippen LogP contribution in [0.3, 0.4) is 0 Å². The molecule has 1 aliphatic heterocycles. The molecule has 2 fully saturated rings. The minimum absolute atomic E-state index is 0.00358. The van der Waals surface area contributed by atoms with Gasteiger partial charge in [-0.2, -0.15) is 0 Å². The summed E-state index contributed by atoms with van der Waals surface area (Å²) in [5.74, 6) is -0.871. The maximum absolute atomic E-state index is 12.9. The van der Waals surface area contributed by atoms with E-state index in [1.54, 1.807) is 0 Å². The van der Waals surface area contributed by atoms with Gasteiger partial charge < -0.3 is 15.4 Å². The number of amides is 2. The van der Waals surface area contributed by atoms with Gasteiger partial charge in [-0.1, -0.05) is 42.5 Å². The average Bonchev–Trinajstić information content (AvgIpc) is 3.48. The molecule has 3 N–H and O–H groups in total. The van der Waals surface area contributed by atoms with E-state index in [1.165, 1.54) is 24.3 Å². The standard InChI is InChI=1S/C21H20F3N3O3/c22-21(23,24)30-15-8-6-14(7-9-15)20(10-11-20)27-19(29)16-12-17(28)26-18(25-16)13-4-2-1-3-5-13/h1-9,16,18,25H,10-12H2,(H,26,28)(H,27,29). The lowest BCUT2D eigenvalue weighted by atomic mass is 10.0. The Balaban J connectivity index is 1.43. The van der Waals surface area contributed by atoms with E-state index in [0.717, 1.165) is 5.56 Å². The number of nitrogens with one attached hydrogen (secondary N) is 3. The molecule has 2 unspecified atom stereocenters. The largest absolute Gasteiger partial charge is 0.573 e. The molecular weight excluding hydrogens is 399 g/mol. The van der Waals surface area contributed by atoms with E-state index in [-0.39, 0.29) is 24.0 Å². The van der Waals surface area contributed by atoms with Gasteiger partial charge in [0.1, 0.15) is 11.9 Å². The third-order valence-corrected chi connectivity index (χ3v) is 5.27. The first-order chi connectivity index (χ1) is 14.2. The van der Waals surface area contributed by atoms with Gasteiger partial charge in [0, 0.05) is 0 Å². The summed E-state index contributed by atoms with van der Waals surface area (Å²) in [6.07, 6.45) is -3.89. The van der Waals surface area contributed by atoms with Crippen molar-refractivity contribution in [2.24, 2.45) is 0 Å². The molecular formula is C21H20F3N3O3. The Labute approximate surface area is 170 Å². The highest BCUT2D eigenvalue weighted by atomic mass is 19.4. The summed E-state index contributed by atoms with van der Waals surface area (Å²) < 4.78 is 40.9. The van der Waals surface area contributed by atoms with E-state index >= 15 is 0 Å². The molecule has 158 valence electrons. The minimum atomic E-state index is -4.75. The summed E-state index contributed by atoms with van der Waals surface area (Å²) in [7, 11) is 0. The molecule has 2 aromatic rings. The zero-order chi connectivity index (χ0) is 21.4. The number of benzene rings is 2. The van der Waals surface area contributed by atoms with E-state index in [0.29, 0.717) is 18.4 Å². The molecule has 9 heteroatoms. The summed E-state index contributed by atoms with van der Waals surface area (Å²) in [5.41, 5.74) is 0.904. The number of hydrogen-bond donors (Lipinski definition) is 3. The van der Waals surface area contributed by atoms with Crippen molar-refractivity contribution in [2.45, 2.75) is 43.4 Å². The van der Waals surface area contributed by atoms with Crippen molar-refractivity contribution in [3.8, 4) is 5.75 Å². The molecule has 0 bridgehead atoms. The molecule has 2 aliphatic rings. The molecule has 30 heavy (non-hydrogen) atoms. The molecule has 1 aliphatic carbocycles. The van der Waals surface area contributed by atoms with Gasteiger partial charge in [-0.05, 0) is 36.1 Å². The van der Waals surface area contributed by atoms with Crippen LogP contribution >= 0.6 is 0 Å². The third-order valence-electron chi connectivity index (χ3n) is 5.27. The van der Waals surface area contributed by atoms with Gasteiger partial charge in [0.25, 0.3) is 0 Å². The van der Waals surface area contributed by atoms with Gasteiger partial charge >= 0.3 is 6.36 Å². The topological polar surface area (TPSA) is 79.5 Å². The van der Waals surface area contributed by atoms with Crippen LogP contribution in [-0.4, -0.2) is 24.2 Å². The molecule has 0 radical (unpaired) electrons. The van der Waals surface area contributed by atoms with Crippen molar-refractivity contribution in [1.82, 2.24) is 16.0 Å². The number of halogens is 3. The van der Waals surface area contributed by atoms with Crippen LogP contribution in [0.1, 0.15) is 36.6 Å². The minimum Gasteiger partial charge on any atom is -0.406 e. The summed E-state index contributed by atoms with van der Waals surface area (Å²) in [4.78, 5) is 25.0. The first-order valence-electron chi connectivity index (χ1n) is 9.53. The second-order valence-electron chi connectivity index (χ2n) is 7.48. The third kappa shape index (κ3) is 4.56. The van der Waals surface area contributed by atoms with Crippen LogP contribution in [0.25, 0.3) is 0 Å². The fourth-order valence-corrected chi connectivity index (χ4v) is 3.61. The predicted octanol–water partition coefficient (Wildman–Crippen LogP) is 2.87. The van der Waals surface area contributed by atoms with E-state index in [2.05, 4.69) is 20.7 Å². The number of ether oxygens (including phenoxy) is 1. The molecule has 0 spiro atoms. The van der Waals surface area contributed by atoms with Crippen LogP contribution < -0.4 is 20.7 Å². The Morgan fingerprint density at radius 2 is 1.73 bits per heavy atom. The number of hydrogen-bond acceptors (Lipinski definition) is 4. The van der Waals surface area contributed by atoms with Crippen molar-refractivity contribution >= 4 is 11.8 Å². The SMILES string of the molecule is O=C1CC(C(=O)NC2(c3ccc(OC(F)(F)F)cc3)CC2)NC(c2ccccc2)N1. The molecule has 2 aromatic carbocycles. The molecule has 1 saturated heterocycles. The molecule has 2 amide bonds. The van der Waals surface area contributed by atoms with Gasteiger partial charge in [0.2, 0.25) is 11.8 Å². The predicted molar refractivity (Wildman–Crippen MR) is 101 cm³/mol. The summed E-state index contributed by atoms with van der Waals surface area (Å²) in [6.45, 7) is 0. The van der Waals surface area contributed by atoms with Crippen molar-refractivity contribution in [1.29, 1.82) is 0 Å². The van der Waals surface area contributed by atoms with E-state index in [1.807, 2.05) is 30.3 Å². The highest BCUT2D eigenvalue weighted by Crippen LogP contribution is 2.46. The van der Waals surface area contributed by atoms with Crippen LogP contribution in [0, 0.1) is 0 Å². The van der Waals surface area contributed by atoms with Crippen LogP contribution in [0.15, 0.2) is 54.6 Å². The lowest BCUT2D eigenvalue weighted by Gasteiger charge is -2.32. The number of carbonyl (C=O) groups excluding carboxylic acids is 2. The lowest BCUT2D eigenvalue weighted by Crippen LogP contribution is -2.57. The van der Waals surface area contributed by atoms with Crippen molar-refractivity contribution in [2.75, 3.05) is 0 Å². The van der Waals surface area contributed by atoms with Crippen molar-refractivity contribution < 1.29 is 27.5 Å².